The molecule has 0 aromatic carbocycles. The Bertz CT molecular complexity index is 268. The van der Waals surface area contributed by atoms with Gasteiger partial charge in [-0.3, -0.25) is 19.5 Å². The SMILES string of the molecule is COP(=O)(OC)C(C[N+](=O)[O-])O[N+](=O)[O-]. The van der Waals surface area contributed by atoms with Crippen molar-refractivity contribution in [2.45, 2.75) is 5.85 Å². The van der Waals surface area contributed by atoms with E-state index < -0.39 is 30.0 Å². The predicted molar refractivity (Wildman–Crippen MR) is 45.4 cm³/mol. The second kappa shape index (κ2) is 5.59. The molecule has 0 heterocycles. The molecule has 0 spiro atoms. The average molecular weight is 244 g/mol. The van der Waals surface area contributed by atoms with E-state index in [0.29, 0.717) is 0 Å². The minimum atomic E-state index is -4.00. The van der Waals surface area contributed by atoms with Gasteiger partial charge in [-0.15, -0.1) is 10.1 Å². The summed E-state index contributed by atoms with van der Waals surface area (Å²) in [5.74, 6) is -1.88. The highest BCUT2D eigenvalue weighted by molar-refractivity contribution is 7.54. The normalized spacial score (nSPS) is 13.2. The Balaban J connectivity index is 4.81. The summed E-state index contributed by atoms with van der Waals surface area (Å²) in [6.45, 7) is -1.06. The van der Waals surface area contributed by atoms with Crippen molar-refractivity contribution in [3.63, 3.8) is 0 Å². The van der Waals surface area contributed by atoms with Crippen LogP contribution in [0.5, 0.6) is 0 Å². The fourth-order valence-electron chi connectivity index (χ4n) is 0.728. The van der Waals surface area contributed by atoms with Crippen molar-refractivity contribution in [1.82, 2.24) is 0 Å². The van der Waals surface area contributed by atoms with E-state index in [9.17, 15) is 24.8 Å². The number of nitro groups is 1. The van der Waals surface area contributed by atoms with Gasteiger partial charge in [-0.05, 0) is 0 Å². The lowest BCUT2D eigenvalue weighted by atomic mass is 10.7. The maximum Gasteiger partial charge on any atom is 0.365 e. The number of hydrogen-bond acceptors (Lipinski definition) is 8. The first-order valence-electron chi connectivity index (χ1n) is 3.50. The summed E-state index contributed by atoms with van der Waals surface area (Å²) >= 11 is 0. The minimum Gasteiger partial charge on any atom is -0.310 e. The summed E-state index contributed by atoms with van der Waals surface area (Å²) in [6, 6.07) is 0. The molecule has 0 saturated carbocycles. The molecule has 88 valence electrons. The van der Waals surface area contributed by atoms with E-state index >= 15 is 0 Å². The molecule has 0 N–H and O–H groups in total. The van der Waals surface area contributed by atoms with Gasteiger partial charge in [0.2, 0.25) is 6.54 Å². The molecule has 10 nitrogen and oxygen atoms in total. The first-order chi connectivity index (χ1) is 6.85. The maximum atomic E-state index is 11.5. The Kier molecular flexibility index (Phi) is 5.12. The van der Waals surface area contributed by atoms with Gasteiger partial charge in [0.25, 0.3) is 10.9 Å². The van der Waals surface area contributed by atoms with Crippen LogP contribution in [0.2, 0.25) is 0 Å². The Hall–Kier alpha value is -1.25. The zero-order valence-electron chi connectivity index (χ0n) is 7.89. The zero-order valence-corrected chi connectivity index (χ0v) is 8.79. The maximum absolute atomic E-state index is 11.5. The van der Waals surface area contributed by atoms with E-state index in [-0.39, 0.29) is 0 Å². The third kappa shape index (κ3) is 4.19. The summed E-state index contributed by atoms with van der Waals surface area (Å²) in [6.07, 6.45) is 0. The Morgan fingerprint density at radius 1 is 1.27 bits per heavy atom. The molecule has 0 saturated heterocycles. The molecule has 0 bridgehead atoms. The molecule has 0 radical (unpaired) electrons. The van der Waals surface area contributed by atoms with E-state index in [0.717, 1.165) is 14.2 Å². The van der Waals surface area contributed by atoms with Crippen molar-refractivity contribution >= 4 is 7.60 Å². The van der Waals surface area contributed by atoms with Crippen molar-refractivity contribution in [2.75, 3.05) is 20.8 Å². The van der Waals surface area contributed by atoms with Crippen molar-refractivity contribution < 1.29 is 28.5 Å². The Morgan fingerprint density at radius 2 is 1.73 bits per heavy atom. The lowest BCUT2D eigenvalue weighted by Crippen LogP contribution is -2.27. The number of hydrogen-bond donors (Lipinski definition) is 0. The van der Waals surface area contributed by atoms with Crippen LogP contribution in [0.15, 0.2) is 0 Å². The third-order valence-corrected chi connectivity index (χ3v) is 3.36. The van der Waals surface area contributed by atoms with E-state index in [1.807, 2.05) is 0 Å². The van der Waals surface area contributed by atoms with Gasteiger partial charge in [0.15, 0.2) is 0 Å². The monoisotopic (exact) mass is 244 g/mol. The molecular weight excluding hydrogens is 235 g/mol. The van der Waals surface area contributed by atoms with Crippen LogP contribution in [0, 0.1) is 20.2 Å². The van der Waals surface area contributed by atoms with Crippen LogP contribution in [0.4, 0.5) is 0 Å². The zero-order chi connectivity index (χ0) is 12.1. The minimum absolute atomic E-state index is 0.918. The molecule has 1 atom stereocenters. The summed E-state index contributed by atoms with van der Waals surface area (Å²) in [5, 5.41) is 18.8. The average Bonchev–Trinajstić information content (AvgIpc) is 2.14. The van der Waals surface area contributed by atoms with Crippen LogP contribution in [0.1, 0.15) is 0 Å². The molecule has 15 heavy (non-hydrogen) atoms. The van der Waals surface area contributed by atoms with Gasteiger partial charge >= 0.3 is 7.60 Å². The molecule has 0 rings (SSSR count). The van der Waals surface area contributed by atoms with Gasteiger partial charge in [-0.25, -0.2) is 0 Å². The quantitative estimate of drug-likeness (QED) is 0.354. The predicted octanol–water partition coefficient (Wildman–Crippen LogP) is 0.283. The van der Waals surface area contributed by atoms with Crippen molar-refractivity contribution in [1.29, 1.82) is 0 Å². The lowest BCUT2D eigenvalue weighted by Gasteiger charge is -2.18. The second-order valence-corrected chi connectivity index (χ2v) is 4.59. The third-order valence-electron chi connectivity index (χ3n) is 1.37. The van der Waals surface area contributed by atoms with Gasteiger partial charge in [0.1, 0.15) is 0 Å². The lowest BCUT2D eigenvalue weighted by molar-refractivity contribution is -0.768. The Morgan fingerprint density at radius 3 is 2.00 bits per heavy atom. The number of rotatable bonds is 7. The first kappa shape index (κ1) is 13.8. The topological polar surface area (TPSA) is 131 Å². The molecule has 0 amide bonds. The molecular formula is C4H9N2O8P. The Labute approximate surface area is 83.9 Å². The fraction of sp³-hybridized carbons (Fsp3) is 1.00. The standard InChI is InChI=1S/C4H9N2O8P/c1-12-15(11,13-2)4(3-5(7)8)14-6(9)10/h4H,3H2,1-2H3. The van der Waals surface area contributed by atoms with Crippen molar-refractivity contribution in [3.8, 4) is 0 Å². The van der Waals surface area contributed by atoms with Crippen LogP contribution in [0.3, 0.4) is 0 Å². The van der Waals surface area contributed by atoms with Gasteiger partial charge in [-0.1, -0.05) is 0 Å². The van der Waals surface area contributed by atoms with Crippen molar-refractivity contribution in [2.24, 2.45) is 0 Å². The van der Waals surface area contributed by atoms with E-state index in [4.69, 9.17) is 0 Å². The number of nitrogens with zero attached hydrogens (tertiary/aromatic N) is 2. The van der Waals surface area contributed by atoms with Gasteiger partial charge in [0.05, 0.1) is 0 Å². The molecule has 0 aliphatic heterocycles. The van der Waals surface area contributed by atoms with E-state index in [1.54, 1.807) is 0 Å². The molecule has 0 aliphatic carbocycles. The second-order valence-electron chi connectivity index (χ2n) is 2.20. The van der Waals surface area contributed by atoms with Crippen LogP contribution < -0.4 is 0 Å². The molecule has 0 aliphatic rings. The van der Waals surface area contributed by atoms with Gasteiger partial charge in [0, 0.05) is 19.1 Å². The molecule has 0 aromatic rings. The highest BCUT2D eigenvalue weighted by atomic mass is 31.2. The van der Waals surface area contributed by atoms with Crippen LogP contribution in [-0.2, 0) is 18.5 Å². The summed E-state index contributed by atoms with van der Waals surface area (Å²) in [4.78, 5) is 23.1. The van der Waals surface area contributed by atoms with E-state index in [1.165, 1.54) is 0 Å². The van der Waals surface area contributed by atoms with Crippen LogP contribution >= 0.6 is 7.60 Å². The fourth-order valence-corrected chi connectivity index (χ4v) is 1.87. The van der Waals surface area contributed by atoms with Crippen molar-refractivity contribution in [3.05, 3.63) is 20.2 Å². The molecule has 0 fully saturated rings. The molecule has 0 aromatic heterocycles. The largest absolute Gasteiger partial charge is 0.365 e. The van der Waals surface area contributed by atoms with Crippen LogP contribution in [0.25, 0.3) is 0 Å². The van der Waals surface area contributed by atoms with Crippen LogP contribution in [-0.4, -0.2) is 36.6 Å². The van der Waals surface area contributed by atoms with Gasteiger partial charge < -0.3 is 9.05 Å². The van der Waals surface area contributed by atoms with E-state index in [2.05, 4.69) is 13.9 Å². The molecule has 1 unspecified atom stereocenters. The first-order valence-corrected chi connectivity index (χ1v) is 5.11. The smallest absolute Gasteiger partial charge is 0.310 e. The molecule has 11 heteroatoms. The summed E-state index contributed by atoms with van der Waals surface area (Å²) < 4.78 is 20.2. The van der Waals surface area contributed by atoms with Gasteiger partial charge in [-0.2, -0.15) is 0 Å². The summed E-state index contributed by atoms with van der Waals surface area (Å²) in [5.41, 5.74) is 0. The highest BCUT2D eigenvalue weighted by Crippen LogP contribution is 2.51. The highest BCUT2D eigenvalue weighted by Gasteiger charge is 2.41. The summed E-state index contributed by atoms with van der Waals surface area (Å²) in [7, 11) is -2.11.